The minimum atomic E-state index is -0.538. The van der Waals surface area contributed by atoms with Crippen LogP contribution in [0.2, 0.25) is 0 Å². The van der Waals surface area contributed by atoms with E-state index >= 15 is 0 Å². The summed E-state index contributed by atoms with van der Waals surface area (Å²) >= 11 is 0. The SMILES string of the molecule is N#Cc1ccccc1-c1ccccc1C(=O)OCC(=O)N1CCC[C@H]2CCCC[C@@H]21. The van der Waals surface area contributed by atoms with E-state index in [4.69, 9.17) is 4.74 Å². The number of amides is 1. The highest BCUT2D eigenvalue weighted by atomic mass is 16.5. The Morgan fingerprint density at radius 2 is 1.67 bits per heavy atom. The Bertz CT molecular complexity index is 976. The van der Waals surface area contributed by atoms with Crippen molar-refractivity contribution in [1.82, 2.24) is 4.90 Å². The van der Waals surface area contributed by atoms with Crippen molar-refractivity contribution in [2.45, 2.75) is 44.6 Å². The molecule has 1 aliphatic heterocycles. The minimum Gasteiger partial charge on any atom is -0.452 e. The summed E-state index contributed by atoms with van der Waals surface area (Å²) in [6.07, 6.45) is 6.88. The van der Waals surface area contributed by atoms with Crippen LogP contribution >= 0.6 is 0 Å². The van der Waals surface area contributed by atoms with Crippen LogP contribution in [0, 0.1) is 17.2 Å². The third-order valence-corrected chi connectivity index (χ3v) is 6.37. The van der Waals surface area contributed by atoms with Crippen molar-refractivity contribution >= 4 is 11.9 Å². The molecule has 0 spiro atoms. The van der Waals surface area contributed by atoms with Crippen molar-refractivity contribution in [3.8, 4) is 17.2 Å². The molecular formula is C25H26N2O3. The first-order chi connectivity index (χ1) is 14.7. The number of piperidine rings is 1. The fourth-order valence-corrected chi connectivity index (χ4v) is 4.93. The van der Waals surface area contributed by atoms with Gasteiger partial charge in [-0.2, -0.15) is 5.26 Å². The zero-order chi connectivity index (χ0) is 20.9. The zero-order valence-electron chi connectivity index (χ0n) is 17.0. The van der Waals surface area contributed by atoms with Crippen LogP contribution in [-0.2, 0) is 9.53 Å². The lowest BCUT2D eigenvalue weighted by Gasteiger charge is -2.44. The van der Waals surface area contributed by atoms with Crippen LogP contribution in [-0.4, -0.2) is 36.0 Å². The van der Waals surface area contributed by atoms with Crippen LogP contribution < -0.4 is 0 Å². The number of likely N-dealkylation sites (tertiary alicyclic amines) is 1. The highest BCUT2D eigenvalue weighted by Gasteiger charge is 2.35. The van der Waals surface area contributed by atoms with E-state index in [1.807, 2.05) is 23.1 Å². The maximum Gasteiger partial charge on any atom is 0.339 e. The van der Waals surface area contributed by atoms with Crippen LogP contribution in [0.4, 0.5) is 0 Å². The molecule has 2 aliphatic rings. The Labute approximate surface area is 177 Å². The van der Waals surface area contributed by atoms with Gasteiger partial charge in [0, 0.05) is 18.2 Å². The third kappa shape index (κ3) is 4.09. The summed E-state index contributed by atoms with van der Waals surface area (Å²) in [7, 11) is 0. The average Bonchev–Trinajstić information content (AvgIpc) is 2.82. The van der Waals surface area contributed by atoms with Crippen LogP contribution in [0.3, 0.4) is 0 Å². The highest BCUT2D eigenvalue weighted by molar-refractivity contribution is 5.99. The highest BCUT2D eigenvalue weighted by Crippen LogP contribution is 2.35. The summed E-state index contributed by atoms with van der Waals surface area (Å²) in [6.45, 7) is 0.514. The van der Waals surface area contributed by atoms with Gasteiger partial charge in [0.25, 0.3) is 5.91 Å². The molecule has 0 aromatic heterocycles. The van der Waals surface area contributed by atoms with Crippen LogP contribution in [0.25, 0.3) is 11.1 Å². The predicted molar refractivity (Wildman–Crippen MR) is 114 cm³/mol. The van der Waals surface area contributed by atoms with Gasteiger partial charge in [-0.25, -0.2) is 4.79 Å². The summed E-state index contributed by atoms with van der Waals surface area (Å²) < 4.78 is 5.45. The van der Waals surface area contributed by atoms with Gasteiger partial charge in [0.2, 0.25) is 0 Å². The molecule has 1 amide bonds. The van der Waals surface area contributed by atoms with E-state index in [0.29, 0.717) is 34.2 Å². The van der Waals surface area contributed by atoms with Gasteiger partial charge >= 0.3 is 5.97 Å². The minimum absolute atomic E-state index is 0.102. The first-order valence-corrected chi connectivity index (χ1v) is 10.7. The van der Waals surface area contributed by atoms with Crippen molar-refractivity contribution in [2.75, 3.05) is 13.2 Å². The topological polar surface area (TPSA) is 70.4 Å². The van der Waals surface area contributed by atoms with Crippen molar-refractivity contribution in [3.05, 3.63) is 59.7 Å². The molecule has 1 heterocycles. The molecule has 5 heteroatoms. The lowest BCUT2D eigenvalue weighted by atomic mass is 9.78. The normalized spacial score (nSPS) is 20.7. The van der Waals surface area contributed by atoms with E-state index in [0.717, 1.165) is 25.8 Å². The third-order valence-electron chi connectivity index (χ3n) is 6.37. The van der Waals surface area contributed by atoms with Crippen LogP contribution in [0.1, 0.15) is 54.4 Å². The Morgan fingerprint density at radius 1 is 0.967 bits per heavy atom. The largest absolute Gasteiger partial charge is 0.452 e. The maximum atomic E-state index is 12.8. The summed E-state index contributed by atoms with van der Waals surface area (Å²) in [5.41, 5.74) is 2.17. The fraction of sp³-hybridized carbons (Fsp3) is 0.400. The number of carbonyl (C=O) groups excluding carboxylic acids is 2. The van der Waals surface area contributed by atoms with Crippen molar-refractivity contribution < 1.29 is 14.3 Å². The number of carbonyl (C=O) groups is 2. The number of nitriles is 1. The van der Waals surface area contributed by atoms with Crippen molar-refractivity contribution in [3.63, 3.8) is 0 Å². The molecule has 2 aromatic carbocycles. The van der Waals surface area contributed by atoms with Crippen molar-refractivity contribution in [2.24, 2.45) is 5.92 Å². The molecule has 154 valence electrons. The second-order valence-electron chi connectivity index (χ2n) is 8.12. The number of hydrogen-bond acceptors (Lipinski definition) is 4. The molecule has 5 nitrogen and oxygen atoms in total. The predicted octanol–water partition coefficient (Wildman–Crippen LogP) is 4.56. The summed E-state index contributed by atoms with van der Waals surface area (Å²) in [5, 5.41) is 9.41. The Hall–Kier alpha value is -3.13. The molecule has 0 N–H and O–H groups in total. The van der Waals surface area contributed by atoms with Gasteiger partial charge in [-0.05, 0) is 49.3 Å². The van der Waals surface area contributed by atoms with Gasteiger partial charge in [0.05, 0.1) is 17.2 Å². The van der Waals surface area contributed by atoms with E-state index in [1.165, 1.54) is 19.3 Å². The van der Waals surface area contributed by atoms with Gasteiger partial charge < -0.3 is 9.64 Å². The molecular weight excluding hydrogens is 376 g/mol. The number of ether oxygens (including phenoxy) is 1. The van der Waals surface area contributed by atoms with E-state index in [-0.39, 0.29) is 12.5 Å². The smallest absolute Gasteiger partial charge is 0.339 e. The Kier molecular flexibility index (Phi) is 6.13. The van der Waals surface area contributed by atoms with E-state index in [1.54, 1.807) is 30.3 Å². The molecule has 4 rings (SSSR count). The number of esters is 1. The monoisotopic (exact) mass is 402 g/mol. The van der Waals surface area contributed by atoms with Crippen LogP contribution in [0.5, 0.6) is 0 Å². The standard InChI is InChI=1S/C25H26N2O3/c26-16-19-9-1-3-11-20(19)21-12-4-5-13-22(21)25(29)30-17-24(28)27-15-7-10-18-8-2-6-14-23(18)27/h1,3-5,9,11-13,18,23H,2,6-8,10,14-15,17H2/t18-,23+/m1/s1. The number of benzene rings is 2. The molecule has 30 heavy (non-hydrogen) atoms. The summed E-state index contributed by atoms with van der Waals surface area (Å²) in [5.74, 6) is -0.0471. The molecule has 2 fully saturated rings. The molecule has 2 atom stereocenters. The van der Waals surface area contributed by atoms with Gasteiger partial charge in [-0.15, -0.1) is 0 Å². The number of hydrogen-bond donors (Lipinski definition) is 0. The quantitative estimate of drug-likeness (QED) is 0.703. The van der Waals surface area contributed by atoms with Crippen LogP contribution in [0.15, 0.2) is 48.5 Å². The van der Waals surface area contributed by atoms with E-state index < -0.39 is 5.97 Å². The lowest BCUT2D eigenvalue weighted by Crippen LogP contribution is -2.50. The van der Waals surface area contributed by atoms with Gasteiger partial charge in [-0.3, -0.25) is 4.79 Å². The molecule has 2 aromatic rings. The maximum absolute atomic E-state index is 12.8. The average molecular weight is 402 g/mol. The van der Waals surface area contributed by atoms with E-state index in [9.17, 15) is 14.9 Å². The molecule has 0 bridgehead atoms. The molecule has 0 radical (unpaired) electrons. The van der Waals surface area contributed by atoms with Gasteiger partial charge in [0.15, 0.2) is 6.61 Å². The van der Waals surface area contributed by atoms with Gasteiger partial charge in [-0.1, -0.05) is 49.2 Å². The molecule has 1 saturated heterocycles. The fourth-order valence-electron chi connectivity index (χ4n) is 4.93. The first kappa shape index (κ1) is 20.2. The Morgan fingerprint density at radius 3 is 2.50 bits per heavy atom. The van der Waals surface area contributed by atoms with Gasteiger partial charge in [0.1, 0.15) is 0 Å². The Balaban J connectivity index is 1.47. The summed E-state index contributed by atoms with van der Waals surface area (Å²) in [4.78, 5) is 27.6. The lowest BCUT2D eigenvalue weighted by molar-refractivity contribution is -0.140. The van der Waals surface area contributed by atoms with E-state index in [2.05, 4.69) is 6.07 Å². The number of nitrogens with zero attached hydrogens (tertiary/aromatic N) is 2. The first-order valence-electron chi connectivity index (χ1n) is 10.7. The second-order valence-corrected chi connectivity index (χ2v) is 8.12. The number of rotatable bonds is 4. The second kappa shape index (κ2) is 9.13. The zero-order valence-corrected chi connectivity index (χ0v) is 17.0. The molecule has 1 saturated carbocycles. The molecule has 1 aliphatic carbocycles. The number of fused-ring (bicyclic) bond motifs is 1. The summed E-state index contributed by atoms with van der Waals surface area (Å²) in [6, 6.07) is 16.7. The van der Waals surface area contributed by atoms with Crippen molar-refractivity contribution in [1.29, 1.82) is 5.26 Å². The molecule has 0 unspecified atom stereocenters.